The largest absolute Gasteiger partial charge is 0.507 e. The van der Waals surface area contributed by atoms with Gasteiger partial charge < -0.3 is 5.11 Å². The monoisotopic (exact) mass is 391 g/mol. The number of halogens is 2. The summed E-state index contributed by atoms with van der Waals surface area (Å²) in [7, 11) is 0. The van der Waals surface area contributed by atoms with Crippen LogP contribution in [-0.4, -0.2) is 22.4 Å². The zero-order chi connectivity index (χ0) is 17.8. The molecule has 0 aromatic heterocycles. The standard InChI is InChI=1S/C17H11Cl2N3O2S/c18-12-3-1-10(2-4-12)9-20-22-17-21-16(24)15(25-17)8-11-7-13(19)5-6-14(11)23/h1-9,23H,(H,21,22,24). The van der Waals surface area contributed by atoms with E-state index in [1.807, 2.05) is 0 Å². The first-order chi connectivity index (χ1) is 12.0. The number of benzene rings is 2. The number of carbonyl (C=O) groups excluding carboxylic acids is 1. The molecule has 0 bridgehead atoms. The quantitative estimate of drug-likeness (QED) is 0.465. The summed E-state index contributed by atoms with van der Waals surface area (Å²) in [4.78, 5) is 12.4. The second-order valence-electron chi connectivity index (χ2n) is 4.97. The molecule has 5 nitrogen and oxygen atoms in total. The van der Waals surface area contributed by atoms with Gasteiger partial charge in [0, 0.05) is 15.6 Å². The number of phenolic OH excluding ortho intramolecular Hbond substituents is 1. The number of hydrogen-bond donors (Lipinski definition) is 2. The van der Waals surface area contributed by atoms with Crippen LogP contribution in [0.3, 0.4) is 0 Å². The number of rotatable bonds is 3. The van der Waals surface area contributed by atoms with Gasteiger partial charge in [0.05, 0.1) is 11.1 Å². The van der Waals surface area contributed by atoms with Crippen molar-refractivity contribution in [3.63, 3.8) is 0 Å². The predicted molar refractivity (Wildman–Crippen MR) is 103 cm³/mol. The van der Waals surface area contributed by atoms with Gasteiger partial charge in [0.15, 0.2) is 5.17 Å². The van der Waals surface area contributed by atoms with Gasteiger partial charge in [0.25, 0.3) is 5.91 Å². The van der Waals surface area contributed by atoms with Crippen LogP contribution >= 0.6 is 35.0 Å². The molecule has 1 fully saturated rings. The minimum atomic E-state index is -0.315. The molecule has 0 unspecified atom stereocenters. The third-order valence-electron chi connectivity index (χ3n) is 3.15. The van der Waals surface area contributed by atoms with E-state index in [1.165, 1.54) is 6.07 Å². The van der Waals surface area contributed by atoms with Crippen LogP contribution in [0.5, 0.6) is 5.75 Å². The minimum Gasteiger partial charge on any atom is -0.507 e. The zero-order valence-corrected chi connectivity index (χ0v) is 14.9. The van der Waals surface area contributed by atoms with E-state index in [1.54, 1.807) is 48.7 Å². The molecule has 3 rings (SSSR count). The molecule has 0 aliphatic carbocycles. The van der Waals surface area contributed by atoms with Crippen LogP contribution in [0.25, 0.3) is 6.08 Å². The number of carbonyl (C=O) groups is 1. The van der Waals surface area contributed by atoms with Crippen molar-refractivity contribution < 1.29 is 9.90 Å². The number of hydrogen-bond acceptors (Lipinski definition) is 5. The second-order valence-corrected chi connectivity index (χ2v) is 6.87. The highest BCUT2D eigenvalue weighted by Crippen LogP contribution is 2.30. The molecule has 1 aliphatic heterocycles. The predicted octanol–water partition coefficient (Wildman–Crippen LogP) is 4.29. The Morgan fingerprint density at radius 2 is 1.80 bits per heavy atom. The van der Waals surface area contributed by atoms with E-state index < -0.39 is 0 Å². The zero-order valence-electron chi connectivity index (χ0n) is 12.6. The highest BCUT2D eigenvalue weighted by molar-refractivity contribution is 8.18. The lowest BCUT2D eigenvalue weighted by molar-refractivity contribution is -0.115. The Morgan fingerprint density at radius 3 is 2.56 bits per heavy atom. The van der Waals surface area contributed by atoms with Gasteiger partial charge in [0.1, 0.15) is 5.75 Å². The SMILES string of the molecule is O=C1N/C(=N\N=Cc2ccc(Cl)cc2)SC1=Cc1cc(Cl)ccc1O. The molecule has 2 aromatic carbocycles. The molecule has 126 valence electrons. The summed E-state index contributed by atoms with van der Waals surface area (Å²) in [6.45, 7) is 0. The average Bonchev–Trinajstić information content (AvgIpc) is 2.92. The number of nitrogens with zero attached hydrogens (tertiary/aromatic N) is 2. The Morgan fingerprint density at radius 1 is 1.08 bits per heavy atom. The summed E-state index contributed by atoms with van der Waals surface area (Å²) in [6.07, 6.45) is 3.10. The highest BCUT2D eigenvalue weighted by atomic mass is 35.5. The summed E-state index contributed by atoms with van der Waals surface area (Å²) < 4.78 is 0. The van der Waals surface area contributed by atoms with Crippen LogP contribution in [0.2, 0.25) is 10.0 Å². The molecule has 0 radical (unpaired) electrons. The van der Waals surface area contributed by atoms with Crippen LogP contribution < -0.4 is 5.32 Å². The summed E-state index contributed by atoms with van der Waals surface area (Å²) in [5, 5.41) is 21.8. The summed E-state index contributed by atoms with van der Waals surface area (Å²) >= 11 is 12.8. The third kappa shape index (κ3) is 4.63. The average molecular weight is 392 g/mol. The molecule has 25 heavy (non-hydrogen) atoms. The number of amides is 1. The fraction of sp³-hybridized carbons (Fsp3) is 0. The Labute approximate surface area is 158 Å². The van der Waals surface area contributed by atoms with Crippen molar-refractivity contribution in [2.45, 2.75) is 0 Å². The van der Waals surface area contributed by atoms with Crippen molar-refractivity contribution in [3.05, 3.63) is 68.5 Å². The van der Waals surface area contributed by atoms with Crippen molar-refractivity contribution >= 4 is 58.3 Å². The van der Waals surface area contributed by atoms with Gasteiger partial charge in [0.2, 0.25) is 0 Å². The summed E-state index contributed by atoms with van der Waals surface area (Å²) in [5.74, 6) is -0.277. The first-order valence-corrected chi connectivity index (χ1v) is 8.64. The van der Waals surface area contributed by atoms with Crippen molar-refractivity contribution in [2.75, 3.05) is 0 Å². The topological polar surface area (TPSA) is 74.0 Å². The van der Waals surface area contributed by atoms with E-state index in [0.29, 0.717) is 25.7 Å². The van der Waals surface area contributed by atoms with Gasteiger partial charge in [-0.15, -0.1) is 5.10 Å². The molecule has 0 spiro atoms. The number of thioether (sulfide) groups is 1. The lowest BCUT2D eigenvalue weighted by atomic mass is 10.2. The lowest BCUT2D eigenvalue weighted by Crippen LogP contribution is -2.19. The maximum absolute atomic E-state index is 12.0. The molecular formula is C17H11Cl2N3O2S. The highest BCUT2D eigenvalue weighted by Gasteiger charge is 2.24. The number of phenols is 1. The molecule has 8 heteroatoms. The first kappa shape index (κ1) is 17.5. The summed E-state index contributed by atoms with van der Waals surface area (Å²) in [5.41, 5.74) is 1.29. The second kappa shape index (κ2) is 7.74. The molecule has 2 aromatic rings. The maximum atomic E-state index is 12.0. The van der Waals surface area contributed by atoms with Crippen LogP contribution in [0.4, 0.5) is 0 Å². The van der Waals surface area contributed by atoms with Gasteiger partial charge in [-0.3, -0.25) is 10.1 Å². The van der Waals surface area contributed by atoms with Crippen molar-refractivity contribution in [3.8, 4) is 5.75 Å². The van der Waals surface area contributed by atoms with E-state index in [0.717, 1.165) is 17.3 Å². The first-order valence-electron chi connectivity index (χ1n) is 7.07. The number of nitrogens with one attached hydrogen (secondary N) is 1. The van der Waals surface area contributed by atoms with E-state index in [4.69, 9.17) is 23.2 Å². The van der Waals surface area contributed by atoms with Gasteiger partial charge in [-0.05, 0) is 53.7 Å². The summed E-state index contributed by atoms with van der Waals surface area (Å²) in [6, 6.07) is 11.7. The van der Waals surface area contributed by atoms with Gasteiger partial charge in [-0.25, -0.2) is 0 Å². The third-order valence-corrected chi connectivity index (χ3v) is 4.54. The van der Waals surface area contributed by atoms with E-state index in [9.17, 15) is 9.90 Å². The van der Waals surface area contributed by atoms with Crippen LogP contribution in [0, 0.1) is 0 Å². The Bertz CT molecular complexity index is 909. The van der Waals surface area contributed by atoms with Crippen molar-refractivity contribution in [1.29, 1.82) is 0 Å². The molecule has 1 aliphatic rings. The van der Waals surface area contributed by atoms with E-state index in [-0.39, 0.29) is 11.7 Å². The smallest absolute Gasteiger partial charge is 0.264 e. The number of aromatic hydroxyl groups is 1. The molecule has 1 heterocycles. The van der Waals surface area contributed by atoms with Gasteiger partial charge in [-0.2, -0.15) is 5.10 Å². The molecule has 0 saturated carbocycles. The van der Waals surface area contributed by atoms with Crippen LogP contribution in [-0.2, 0) is 4.79 Å². The number of amidine groups is 1. The van der Waals surface area contributed by atoms with Crippen LogP contribution in [0.1, 0.15) is 11.1 Å². The van der Waals surface area contributed by atoms with E-state index in [2.05, 4.69) is 15.5 Å². The normalized spacial score (nSPS) is 17.6. The minimum absolute atomic E-state index is 0.0384. The van der Waals surface area contributed by atoms with Gasteiger partial charge in [-0.1, -0.05) is 35.3 Å². The van der Waals surface area contributed by atoms with Gasteiger partial charge >= 0.3 is 0 Å². The molecule has 2 N–H and O–H groups in total. The fourth-order valence-corrected chi connectivity index (χ4v) is 3.03. The van der Waals surface area contributed by atoms with Crippen molar-refractivity contribution in [2.24, 2.45) is 10.2 Å². The Balaban J connectivity index is 1.74. The lowest BCUT2D eigenvalue weighted by Gasteiger charge is -2.00. The fourth-order valence-electron chi connectivity index (χ4n) is 1.95. The van der Waals surface area contributed by atoms with E-state index >= 15 is 0 Å². The molecular weight excluding hydrogens is 381 g/mol. The van der Waals surface area contributed by atoms with Crippen LogP contribution in [0.15, 0.2) is 57.6 Å². The molecule has 0 atom stereocenters. The Hall–Kier alpha value is -2.28. The maximum Gasteiger partial charge on any atom is 0.264 e. The van der Waals surface area contributed by atoms with Crippen molar-refractivity contribution in [1.82, 2.24) is 5.32 Å². The molecule has 1 saturated heterocycles. The molecule has 1 amide bonds. The Kier molecular flexibility index (Phi) is 5.43.